The van der Waals surface area contributed by atoms with Crippen LogP contribution in [0.5, 0.6) is 0 Å². The van der Waals surface area contributed by atoms with E-state index in [1.54, 1.807) is 19.1 Å². The van der Waals surface area contributed by atoms with Gasteiger partial charge in [0, 0.05) is 22.6 Å². The summed E-state index contributed by atoms with van der Waals surface area (Å²) in [6.07, 6.45) is 0. The SMILES string of the molecule is Cc1ccc(Br)cc1S(=O)(=O)NCc1ccc(F)cc1F. The van der Waals surface area contributed by atoms with Crippen LogP contribution in [-0.2, 0) is 16.6 Å². The molecule has 0 aliphatic heterocycles. The molecule has 21 heavy (non-hydrogen) atoms. The van der Waals surface area contributed by atoms with Crippen molar-refractivity contribution in [3.63, 3.8) is 0 Å². The van der Waals surface area contributed by atoms with Gasteiger partial charge < -0.3 is 0 Å². The number of hydrogen-bond donors (Lipinski definition) is 1. The van der Waals surface area contributed by atoms with Gasteiger partial charge >= 0.3 is 0 Å². The van der Waals surface area contributed by atoms with Crippen molar-refractivity contribution >= 4 is 26.0 Å². The fraction of sp³-hybridized carbons (Fsp3) is 0.143. The number of benzene rings is 2. The lowest BCUT2D eigenvalue weighted by Gasteiger charge is -2.10. The molecule has 0 spiro atoms. The number of hydrogen-bond acceptors (Lipinski definition) is 2. The number of aryl methyl sites for hydroxylation is 1. The molecule has 2 rings (SSSR count). The van der Waals surface area contributed by atoms with E-state index < -0.39 is 21.7 Å². The Balaban J connectivity index is 2.24. The molecule has 2 aromatic rings. The zero-order chi connectivity index (χ0) is 15.6. The third-order valence-corrected chi connectivity index (χ3v) is 4.94. The largest absolute Gasteiger partial charge is 0.241 e. The molecule has 0 fully saturated rings. The molecule has 0 heterocycles. The van der Waals surface area contributed by atoms with E-state index in [4.69, 9.17) is 0 Å². The molecule has 0 unspecified atom stereocenters. The molecule has 0 atom stereocenters. The van der Waals surface area contributed by atoms with E-state index in [9.17, 15) is 17.2 Å². The molecule has 0 saturated carbocycles. The number of nitrogens with one attached hydrogen (secondary N) is 1. The molecule has 0 bridgehead atoms. The van der Waals surface area contributed by atoms with Crippen LogP contribution < -0.4 is 4.72 Å². The van der Waals surface area contributed by atoms with E-state index in [1.165, 1.54) is 12.1 Å². The van der Waals surface area contributed by atoms with Crippen molar-refractivity contribution in [2.24, 2.45) is 0 Å². The van der Waals surface area contributed by atoms with Gasteiger partial charge in [0.1, 0.15) is 11.6 Å². The van der Waals surface area contributed by atoms with Crippen LogP contribution in [0.15, 0.2) is 45.8 Å². The summed E-state index contributed by atoms with van der Waals surface area (Å²) in [5.74, 6) is -1.49. The molecular weight excluding hydrogens is 364 g/mol. The molecule has 2 aromatic carbocycles. The molecule has 0 aliphatic rings. The highest BCUT2D eigenvalue weighted by molar-refractivity contribution is 9.10. The molecule has 112 valence electrons. The molecule has 0 aromatic heterocycles. The Bertz CT molecular complexity index is 779. The standard InChI is InChI=1S/C14H12BrF2NO2S/c1-9-2-4-11(15)6-14(9)21(19,20)18-8-10-3-5-12(16)7-13(10)17/h2-7,18H,8H2,1H3. The van der Waals surface area contributed by atoms with Gasteiger partial charge in [0.15, 0.2) is 0 Å². The molecule has 0 radical (unpaired) electrons. The van der Waals surface area contributed by atoms with Crippen LogP contribution in [0.25, 0.3) is 0 Å². The van der Waals surface area contributed by atoms with Gasteiger partial charge in [-0.05, 0) is 30.7 Å². The normalized spacial score (nSPS) is 11.6. The first kappa shape index (κ1) is 16.1. The van der Waals surface area contributed by atoms with Crippen molar-refractivity contribution < 1.29 is 17.2 Å². The Hall–Kier alpha value is -1.31. The van der Waals surface area contributed by atoms with Gasteiger partial charge in [-0.2, -0.15) is 0 Å². The van der Waals surface area contributed by atoms with Gasteiger partial charge in [-0.3, -0.25) is 0 Å². The molecule has 0 amide bonds. The minimum absolute atomic E-state index is 0.0765. The van der Waals surface area contributed by atoms with Crippen LogP contribution in [0.3, 0.4) is 0 Å². The maximum Gasteiger partial charge on any atom is 0.241 e. The van der Waals surface area contributed by atoms with E-state index in [0.29, 0.717) is 16.1 Å². The first-order valence-corrected chi connectivity index (χ1v) is 8.27. The Morgan fingerprint density at radius 3 is 2.52 bits per heavy atom. The fourth-order valence-corrected chi connectivity index (χ4v) is 3.57. The smallest absolute Gasteiger partial charge is 0.207 e. The lowest BCUT2D eigenvalue weighted by Crippen LogP contribution is -2.24. The van der Waals surface area contributed by atoms with Gasteiger partial charge in [0.05, 0.1) is 4.90 Å². The van der Waals surface area contributed by atoms with Crippen LogP contribution in [-0.4, -0.2) is 8.42 Å². The van der Waals surface area contributed by atoms with Crippen LogP contribution in [0.4, 0.5) is 8.78 Å². The lowest BCUT2D eigenvalue weighted by molar-refractivity contribution is 0.562. The van der Waals surface area contributed by atoms with Crippen LogP contribution in [0.1, 0.15) is 11.1 Å². The van der Waals surface area contributed by atoms with E-state index in [1.807, 2.05) is 0 Å². The minimum Gasteiger partial charge on any atom is -0.207 e. The Morgan fingerprint density at radius 2 is 1.86 bits per heavy atom. The monoisotopic (exact) mass is 375 g/mol. The Kier molecular flexibility index (Phi) is 4.75. The lowest BCUT2D eigenvalue weighted by atomic mass is 10.2. The highest BCUT2D eigenvalue weighted by Crippen LogP contribution is 2.21. The quantitative estimate of drug-likeness (QED) is 0.888. The Morgan fingerprint density at radius 1 is 1.14 bits per heavy atom. The zero-order valence-corrected chi connectivity index (χ0v) is 13.4. The first-order valence-electron chi connectivity index (χ1n) is 5.99. The molecular formula is C14H12BrF2NO2S. The third kappa shape index (κ3) is 3.87. The summed E-state index contributed by atoms with van der Waals surface area (Å²) in [6.45, 7) is 1.42. The van der Waals surface area contributed by atoms with Crippen molar-refractivity contribution in [2.45, 2.75) is 18.4 Å². The third-order valence-electron chi connectivity index (χ3n) is 2.91. The van der Waals surface area contributed by atoms with Crippen LogP contribution in [0, 0.1) is 18.6 Å². The molecule has 1 N–H and O–H groups in total. The number of halogens is 3. The first-order chi connectivity index (χ1) is 9.79. The second-order valence-corrected chi connectivity index (χ2v) is 7.12. The van der Waals surface area contributed by atoms with Crippen LogP contribution in [0.2, 0.25) is 0 Å². The van der Waals surface area contributed by atoms with Crippen molar-refractivity contribution in [1.82, 2.24) is 4.72 Å². The minimum atomic E-state index is -3.78. The van der Waals surface area contributed by atoms with E-state index in [0.717, 1.165) is 6.07 Å². The molecule has 3 nitrogen and oxygen atoms in total. The summed E-state index contributed by atoms with van der Waals surface area (Å²) < 4.78 is 53.7. The number of rotatable bonds is 4. The average Bonchev–Trinajstić information content (AvgIpc) is 2.40. The molecule has 0 aliphatic carbocycles. The summed E-state index contributed by atoms with van der Waals surface area (Å²) in [5.41, 5.74) is 0.651. The predicted molar refractivity (Wildman–Crippen MR) is 79.3 cm³/mol. The fourth-order valence-electron chi connectivity index (χ4n) is 1.78. The van der Waals surface area contributed by atoms with E-state index in [-0.39, 0.29) is 17.0 Å². The van der Waals surface area contributed by atoms with Crippen molar-refractivity contribution in [3.05, 3.63) is 63.6 Å². The van der Waals surface area contributed by atoms with Gasteiger partial charge in [-0.15, -0.1) is 0 Å². The summed E-state index contributed by atoms with van der Waals surface area (Å²) in [7, 11) is -3.78. The average molecular weight is 376 g/mol. The van der Waals surface area contributed by atoms with E-state index >= 15 is 0 Å². The summed E-state index contributed by atoms with van der Waals surface area (Å²) in [4.78, 5) is 0.111. The second kappa shape index (κ2) is 6.21. The zero-order valence-electron chi connectivity index (χ0n) is 11.0. The van der Waals surface area contributed by atoms with Crippen molar-refractivity contribution in [2.75, 3.05) is 0 Å². The van der Waals surface area contributed by atoms with Gasteiger partial charge in [-0.1, -0.05) is 28.1 Å². The van der Waals surface area contributed by atoms with Crippen molar-refractivity contribution in [1.29, 1.82) is 0 Å². The van der Waals surface area contributed by atoms with E-state index in [2.05, 4.69) is 20.7 Å². The van der Waals surface area contributed by atoms with Gasteiger partial charge in [0.25, 0.3) is 0 Å². The second-order valence-electron chi connectivity index (χ2n) is 4.47. The van der Waals surface area contributed by atoms with Gasteiger partial charge in [0.2, 0.25) is 10.0 Å². The summed E-state index contributed by atoms with van der Waals surface area (Å²) in [5, 5.41) is 0. The highest BCUT2D eigenvalue weighted by atomic mass is 79.9. The molecule has 0 saturated heterocycles. The highest BCUT2D eigenvalue weighted by Gasteiger charge is 2.17. The summed E-state index contributed by atoms with van der Waals surface area (Å²) >= 11 is 3.21. The van der Waals surface area contributed by atoms with Gasteiger partial charge in [-0.25, -0.2) is 21.9 Å². The Labute approximate surface area is 130 Å². The predicted octanol–water partition coefficient (Wildman–Crippen LogP) is 3.51. The number of sulfonamides is 1. The maximum absolute atomic E-state index is 13.5. The summed E-state index contributed by atoms with van der Waals surface area (Å²) in [6, 6.07) is 7.87. The topological polar surface area (TPSA) is 46.2 Å². The van der Waals surface area contributed by atoms with Crippen molar-refractivity contribution in [3.8, 4) is 0 Å². The maximum atomic E-state index is 13.5. The molecule has 7 heteroatoms. The van der Waals surface area contributed by atoms with Crippen LogP contribution >= 0.6 is 15.9 Å².